The topological polar surface area (TPSA) is 114 Å². The number of unbranched alkanes of at least 4 members (excludes halogenated alkanes) is 48. The van der Waals surface area contributed by atoms with Crippen molar-refractivity contribution >= 4 is 90.7 Å². The molecular formula is C80H134BaO6S2. The minimum Gasteiger partial charge on any atom is -0.744 e. The van der Waals surface area contributed by atoms with Crippen LogP contribution in [-0.4, -0.2) is 74.8 Å². The molecule has 0 atom stereocenters. The van der Waals surface area contributed by atoms with Crippen LogP contribution in [0.1, 0.15) is 384 Å². The van der Waals surface area contributed by atoms with E-state index in [0.717, 1.165) is 60.1 Å². The van der Waals surface area contributed by atoms with Crippen LogP contribution in [0.2, 0.25) is 0 Å². The summed E-state index contributed by atoms with van der Waals surface area (Å²) in [7, 11) is -8.98. The molecule has 6 nitrogen and oxygen atoms in total. The van der Waals surface area contributed by atoms with Gasteiger partial charge in [-0.3, -0.25) is 0 Å². The largest absolute Gasteiger partial charge is 2.00 e. The molecule has 0 aliphatic carbocycles. The Kier molecular flexibility index (Phi) is 52.8. The number of hydrogen-bond donors (Lipinski definition) is 0. The van der Waals surface area contributed by atoms with Gasteiger partial charge in [0.05, 0.1) is 9.79 Å². The summed E-state index contributed by atoms with van der Waals surface area (Å²) in [5.74, 6) is 0. The van der Waals surface area contributed by atoms with E-state index in [1.165, 1.54) is 319 Å². The van der Waals surface area contributed by atoms with Crippen LogP contribution in [-0.2, 0) is 45.9 Å². The molecule has 0 heterocycles. The molecule has 9 heteroatoms. The maximum atomic E-state index is 12.1. The number of hydrogen-bond acceptors (Lipinski definition) is 6. The first kappa shape index (κ1) is 83.9. The summed E-state index contributed by atoms with van der Waals surface area (Å²) < 4.78 is 72.6. The van der Waals surface area contributed by atoms with Crippen molar-refractivity contribution in [3.8, 4) is 0 Å². The predicted molar refractivity (Wildman–Crippen MR) is 387 cm³/mol. The van der Waals surface area contributed by atoms with Crippen LogP contribution in [0.4, 0.5) is 0 Å². The van der Waals surface area contributed by atoms with Gasteiger partial charge in [-0.1, -0.05) is 372 Å². The smallest absolute Gasteiger partial charge is 0.744 e. The normalized spacial score (nSPS) is 11.8. The van der Waals surface area contributed by atoms with Gasteiger partial charge < -0.3 is 9.11 Å². The van der Waals surface area contributed by atoms with Crippen LogP contribution < -0.4 is 0 Å². The van der Waals surface area contributed by atoms with Gasteiger partial charge in [-0.05, 0) is 119 Å². The first-order chi connectivity index (χ1) is 42.9. The first-order valence-corrected chi connectivity index (χ1v) is 40.8. The molecule has 0 aliphatic rings. The molecule has 0 aliphatic heterocycles. The second kappa shape index (κ2) is 56.0. The quantitative estimate of drug-likeness (QED) is 0.0247. The molecule has 0 N–H and O–H groups in total. The summed E-state index contributed by atoms with van der Waals surface area (Å²) in [4.78, 5) is -0.0404. The van der Waals surface area contributed by atoms with Crippen molar-refractivity contribution in [2.75, 3.05) is 0 Å². The molecule has 504 valence electrons. The standard InChI is InChI=1S/2C40H68O3S.Ba/c2*1-3-5-7-9-11-13-15-17-19-21-23-25-27-29-36-31-32-37-35-40(44(41,42)43)38(34-39(37)33-36)30-28-26-24-22-20-18-16-14-12-10-8-6-4-2;/h2*31-35H,3-30H2,1-2H3,(H,41,42,43);/q;;+2/p-2. The van der Waals surface area contributed by atoms with Crippen LogP contribution in [0.25, 0.3) is 21.5 Å². The third-order valence-corrected chi connectivity index (χ3v) is 20.8. The zero-order chi connectivity index (χ0) is 63.4. The third-order valence-electron chi connectivity index (χ3n) is 18.9. The molecule has 0 spiro atoms. The Balaban J connectivity index is 0.000000600. The van der Waals surface area contributed by atoms with E-state index in [2.05, 4.69) is 52.0 Å². The fourth-order valence-corrected chi connectivity index (χ4v) is 14.8. The molecule has 4 aromatic carbocycles. The van der Waals surface area contributed by atoms with Gasteiger partial charge in [0.2, 0.25) is 0 Å². The third kappa shape index (κ3) is 42.8. The fourth-order valence-electron chi connectivity index (χ4n) is 13.3. The van der Waals surface area contributed by atoms with Gasteiger partial charge in [0, 0.05) is 0 Å². The molecule has 0 radical (unpaired) electrons. The Hall–Kier alpha value is -1.21. The number of fused-ring (bicyclic) bond motifs is 2. The average Bonchev–Trinajstić information content (AvgIpc) is 2.67. The van der Waals surface area contributed by atoms with E-state index in [0.29, 0.717) is 24.0 Å². The Morgan fingerprint density at radius 2 is 0.427 bits per heavy atom. The summed E-state index contributed by atoms with van der Waals surface area (Å²) in [5, 5.41) is 3.83. The van der Waals surface area contributed by atoms with Crippen LogP contribution in [0, 0.1) is 0 Å². The SMILES string of the molecule is CCCCCCCCCCCCCCCc1ccc2cc(S(=O)(=O)[O-])c(CCCCCCCCCCCCCCC)cc2c1.CCCCCCCCCCCCCCCc1ccc2cc(S(=O)(=O)[O-])c(CCCCCCCCCCCCCCC)cc2c1.[Ba+2]. The van der Waals surface area contributed by atoms with Crippen LogP contribution >= 0.6 is 0 Å². The van der Waals surface area contributed by atoms with Gasteiger partial charge in [-0.15, -0.1) is 0 Å². The van der Waals surface area contributed by atoms with Crippen molar-refractivity contribution < 1.29 is 25.9 Å². The van der Waals surface area contributed by atoms with Gasteiger partial charge in [0.15, 0.2) is 0 Å². The molecule has 0 aromatic heterocycles. The number of aryl methyl sites for hydroxylation is 4. The second-order valence-corrected chi connectivity index (χ2v) is 29.9. The number of benzene rings is 4. The van der Waals surface area contributed by atoms with Gasteiger partial charge in [0.25, 0.3) is 0 Å². The van der Waals surface area contributed by atoms with Gasteiger partial charge in [-0.25, -0.2) is 16.8 Å². The Labute approximate surface area is 591 Å². The van der Waals surface area contributed by atoms with Crippen molar-refractivity contribution in [2.45, 2.75) is 397 Å². The summed E-state index contributed by atoms with van der Waals surface area (Å²) in [6.45, 7) is 9.09. The first-order valence-electron chi connectivity index (χ1n) is 37.9. The van der Waals surface area contributed by atoms with Crippen molar-refractivity contribution in [3.63, 3.8) is 0 Å². The van der Waals surface area contributed by atoms with Crippen molar-refractivity contribution in [3.05, 3.63) is 82.9 Å². The zero-order valence-corrected chi connectivity index (χ0v) is 64.4. The van der Waals surface area contributed by atoms with E-state index in [1.54, 1.807) is 12.1 Å². The molecule has 89 heavy (non-hydrogen) atoms. The van der Waals surface area contributed by atoms with E-state index in [9.17, 15) is 25.9 Å². The summed E-state index contributed by atoms with van der Waals surface area (Å²) in [6, 6.07) is 19.8. The molecule has 0 bridgehead atoms. The van der Waals surface area contributed by atoms with E-state index in [4.69, 9.17) is 0 Å². The Bertz CT molecular complexity index is 2370. The molecule has 0 fully saturated rings. The Morgan fingerprint density at radius 1 is 0.236 bits per heavy atom. The fraction of sp³-hybridized carbons (Fsp3) is 0.750. The monoisotopic (exact) mass is 1390 g/mol. The summed E-state index contributed by atoms with van der Waals surface area (Å²) >= 11 is 0. The summed E-state index contributed by atoms with van der Waals surface area (Å²) in [5.41, 5.74) is 4.03. The van der Waals surface area contributed by atoms with Crippen molar-refractivity contribution in [1.29, 1.82) is 0 Å². The van der Waals surface area contributed by atoms with E-state index in [1.807, 2.05) is 24.3 Å². The van der Waals surface area contributed by atoms with Crippen LogP contribution in [0.15, 0.2) is 70.5 Å². The summed E-state index contributed by atoms with van der Waals surface area (Å²) in [6.07, 6.45) is 72.2. The minimum absolute atomic E-state index is 0. The number of rotatable bonds is 58. The van der Waals surface area contributed by atoms with Gasteiger partial charge in [0.1, 0.15) is 20.2 Å². The van der Waals surface area contributed by atoms with E-state index < -0.39 is 20.2 Å². The molecular weight excluding hydrogens is 1260 g/mol. The van der Waals surface area contributed by atoms with E-state index in [-0.39, 0.29) is 58.7 Å². The van der Waals surface area contributed by atoms with E-state index >= 15 is 0 Å². The molecule has 0 saturated heterocycles. The Morgan fingerprint density at radius 3 is 0.629 bits per heavy atom. The van der Waals surface area contributed by atoms with Crippen LogP contribution in [0.5, 0.6) is 0 Å². The van der Waals surface area contributed by atoms with Gasteiger partial charge in [-0.2, -0.15) is 0 Å². The molecule has 4 aromatic rings. The molecule has 0 saturated carbocycles. The second-order valence-electron chi connectivity index (χ2n) is 27.2. The zero-order valence-electron chi connectivity index (χ0n) is 58.3. The van der Waals surface area contributed by atoms with Crippen molar-refractivity contribution in [2.24, 2.45) is 0 Å². The average molecular weight is 1390 g/mol. The molecule has 4 rings (SSSR count). The minimum atomic E-state index is -4.49. The van der Waals surface area contributed by atoms with Gasteiger partial charge >= 0.3 is 48.9 Å². The predicted octanol–water partition coefficient (Wildman–Crippen LogP) is 25.6. The molecule has 0 amide bonds. The van der Waals surface area contributed by atoms with Crippen LogP contribution in [0.3, 0.4) is 0 Å². The maximum Gasteiger partial charge on any atom is 2.00 e. The molecule has 0 unspecified atom stereocenters. The maximum absolute atomic E-state index is 12.1. The van der Waals surface area contributed by atoms with Crippen molar-refractivity contribution in [1.82, 2.24) is 0 Å².